The minimum Gasteiger partial charge on any atom is -0.375 e. The van der Waals surface area contributed by atoms with E-state index in [4.69, 9.17) is 10.5 Å². The van der Waals surface area contributed by atoms with Crippen LogP contribution in [0.15, 0.2) is 22.9 Å². The first-order valence-electron chi connectivity index (χ1n) is 7.47. The highest BCUT2D eigenvalue weighted by Crippen LogP contribution is 2.34. The summed E-state index contributed by atoms with van der Waals surface area (Å²) in [7, 11) is 0. The number of ether oxygens (including phenoxy) is 1. The van der Waals surface area contributed by atoms with Gasteiger partial charge in [-0.25, -0.2) is 0 Å². The van der Waals surface area contributed by atoms with Crippen molar-refractivity contribution in [2.24, 2.45) is 5.73 Å². The Hall–Kier alpha value is -0.490. The SMILES string of the molecule is NCC(c1cncc(Br)c1)N1CCOC2CCCCC21. The molecule has 2 heterocycles. The van der Waals surface area contributed by atoms with Crippen LogP contribution in [0.25, 0.3) is 0 Å². The summed E-state index contributed by atoms with van der Waals surface area (Å²) in [6, 6.07) is 2.90. The van der Waals surface area contributed by atoms with Crippen molar-refractivity contribution in [3.05, 3.63) is 28.5 Å². The summed E-state index contributed by atoms with van der Waals surface area (Å²) in [6.45, 7) is 2.41. The van der Waals surface area contributed by atoms with Gasteiger partial charge in [0.2, 0.25) is 0 Å². The second-order valence-electron chi connectivity index (χ2n) is 5.69. The highest BCUT2D eigenvalue weighted by atomic mass is 79.9. The molecule has 2 N–H and O–H groups in total. The molecule has 5 heteroatoms. The minimum atomic E-state index is 0.245. The standard InChI is InChI=1S/C15H22BrN3O/c16-12-7-11(9-18-10-12)14(8-17)19-5-6-20-15-4-2-1-3-13(15)19/h7,9-10,13-15H,1-6,8,17H2. The topological polar surface area (TPSA) is 51.4 Å². The fourth-order valence-corrected chi connectivity index (χ4v) is 3.97. The third-order valence-electron chi connectivity index (χ3n) is 4.51. The van der Waals surface area contributed by atoms with Crippen LogP contribution in [-0.4, -0.2) is 41.7 Å². The van der Waals surface area contributed by atoms with Crippen LogP contribution in [0, 0.1) is 0 Å². The monoisotopic (exact) mass is 339 g/mol. The molecule has 1 aromatic heterocycles. The van der Waals surface area contributed by atoms with Gasteiger partial charge in [-0.1, -0.05) is 12.8 Å². The van der Waals surface area contributed by atoms with Crippen LogP contribution in [-0.2, 0) is 4.74 Å². The van der Waals surface area contributed by atoms with Crippen molar-refractivity contribution in [2.75, 3.05) is 19.7 Å². The summed E-state index contributed by atoms with van der Waals surface area (Å²) < 4.78 is 6.97. The van der Waals surface area contributed by atoms with Crippen LogP contribution in [0.3, 0.4) is 0 Å². The van der Waals surface area contributed by atoms with Crippen LogP contribution in [0.5, 0.6) is 0 Å². The Morgan fingerprint density at radius 2 is 2.25 bits per heavy atom. The van der Waals surface area contributed by atoms with Gasteiger partial charge in [0, 0.05) is 42.0 Å². The van der Waals surface area contributed by atoms with E-state index in [9.17, 15) is 0 Å². The van der Waals surface area contributed by atoms with E-state index >= 15 is 0 Å². The maximum Gasteiger partial charge on any atom is 0.0731 e. The number of rotatable bonds is 3. The molecule has 110 valence electrons. The molecule has 1 saturated carbocycles. The van der Waals surface area contributed by atoms with E-state index in [1.165, 1.54) is 31.2 Å². The normalized spacial score (nSPS) is 28.9. The first-order valence-corrected chi connectivity index (χ1v) is 8.27. The molecule has 3 atom stereocenters. The van der Waals surface area contributed by atoms with Gasteiger partial charge in [0.05, 0.1) is 12.7 Å². The highest BCUT2D eigenvalue weighted by Gasteiger charge is 2.37. The molecule has 3 rings (SSSR count). The smallest absolute Gasteiger partial charge is 0.0731 e. The maximum atomic E-state index is 6.08. The number of pyridine rings is 1. The average molecular weight is 340 g/mol. The van der Waals surface area contributed by atoms with Gasteiger partial charge < -0.3 is 10.5 Å². The van der Waals surface area contributed by atoms with Crippen LogP contribution in [0.1, 0.15) is 37.3 Å². The van der Waals surface area contributed by atoms with Crippen LogP contribution in [0.4, 0.5) is 0 Å². The first-order chi connectivity index (χ1) is 9.79. The molecule has 0 amide bonds. The Kier molecular flexibility index (Phi) is 4.71. The number of fused-ring (bicyclic) bond motifs is 1. The number of hydrogen-bond donors (Lipinski definition) is 1. The minimum absolute atomic E-state index is 0.245. The quantitative estimate of drug-likeness (QED) is 0.919. The molecular formula is C15H22BrN3O. The Labute approximate surface area is 128 Å². The van der Waals surface area contributed by atoms with Crippen molar-refractivity contribution in [2.45, 2.75) is 43.9 Å². The fraction of sp³-hybridized carbons (Fsp3) is 0.667. The summed E-state index contributed by atoms with van der Waals surface area (Å²) in [4.78, 5) is 6.84. The van der Waals surface area contributed by atoms with Gasteiger partial charge in [0.15, 0.2) is 0 Å². The molecule has 20 heavy (non-hydrogen) atoms. The zero-order valence-corrected chi connectivity index (χ0v) is 13.3. The summed E-state index contributed by atoms with van der Waals surface area (Å²) >= 11 is 3.51. The van der Waals surface area contributed by atoms with E-state index in [1.807, 2.05) is 12.4 Å². The fourth-order valence-electron chi connectivity index (χ4n) is 3.59. The first kappa shape index (κ1) is 14.4. The van der Waals surface area contributed by atoms with Gasteiger partial charge in [0.1, 0.15) is 0 Å². The predicted octanol–water partition coefficient (Wildman–Crippen LogP) is 2.49. The number of nitrogens with zero attached hydrogens (tertiary/aromatic N) is 2. The second kappa shape index (κ2) is 6.52. The molecule has 0 bridgehead atoms. The Morgan fingerprint density at radius 1 is 1.40 bits per heavy atom. The van der Waals surface area contributed by atoms with E-state index in [0.717, 1.165) is 17.6 Å². The van der Waals surface area contributed by atoms with Crippen molar-refractivity contribution in [1.82, 2.24) is 9.88 Å². The van der Waals surface area contributed by atoms with Gasteiger partial charge in [-0.05, 0) is 40.4 Å². The molecule has 1 aromatic rings. The molecule has 2 aliphatic rings. The zero-order chi connectivity index (χ0) is 13.9. The highest BCUT2D eigenvalue weighted by molar-refractivity contribution is 9.10. The van der Waals surface area contributed by atoms with Gasteiger partial charge in [-0.3, -0.25) is 9.88 Å². The number of hydrogen-bond acceptors (Lipinski definition) is 4. The average Bonchev–Trinajstić information content (AvgIpc) is 2.48. The van der Waals surface area contributed by atoms with Crippen LogP contribution >= 0.6 is 15.9 Å². The number of morpholine rings is 1. The number of halogens is 1. The third-order valence-corrected chi connectivity index (χ3v) is 4.94. The molecule has 1 aliphatic carbocycles. The third kappa shape index (κ3) is 2.91. The molecule has 2 fully saturated rings. The van der Waals surface area contributed by atoms with Crippen molar-refractivity contribution < 1.29 is 4.74 Å². The summed E-state index contributed by atoms with van der Waals surface area (Å²) in [5, 5.41) is 0. The van der Waals surface area contributed by atoms with E-state index in [1.54, 1.807) is 0 Å². The lowest BCUT2D eigenvalue weighted by Crippen LogP contribution is -2.54. The molecular weight excluding hydrogens is 318 g/mol. The Balaban J connectivity index is 1.84. The van der Waals surface area contributed by atoms with Gasteiger partial charge in [0.25, 0.3) is 0 Å². The number of aromatic nitrogens is 1. The molecule has 0 radical (unpaired) electrons. The molecule has 4 nitrogen and oxygen atoms in total. The largest absolute Gasteiger partial charge is 0.375 e. The van der Waals surface area contributed by atoms with E-state index in [2.05, 4.69) is 31.9 Å². The van der Waals surface area contributed by atoms with Crippen molar-refractivity contribution >= 4 is 15.9 Å². The van der Waals surface area contributed by atoms with E-state index < -0.39 is 0 Å². The van der Waals surface area contributed by atoms with Crippen molar-refractivity contribution in [3.8, 4) is 0 Å². The lowest BCUT2D eigenvalue weighted by molar-refractivity contribution is -0.102. The second-order valence-corrected chi connectivity index (χ2v) is 6.60. The van der Waals surface area contributed by atoms with Gasteiger partial charge >= 0.3 is 0 Å². The molecule has 3 unspecified atom stereocenters. The lowest BCUT2D eigenvalue weighted by Gasteiger charge is -2.47. The van der Waals surface area contributed by atoms with E-state index in [-0.39, 0.29) is 6.04 Å². The van der Waals surface area contributed by atoms with Crippen LogP contribution in [0.2, 0.25) is 0 Å². The Morgan fingerprint density at radius 3 is 3.05 bits per heavy atom. The summed E-state index contributed by atoms with van der Waals surface area (Å²) in [5.74, 6) is 0. The molecule has 1 aliphatic heterocycles. The molecule has 0 aromatic carbocycles. The van der Waals surface area contributed by atoms with Crippen LogP contribution < -0.4 is 5.73 Å². The van der Waals surface area contributed by atoms with Gasteiger partial charge in [-0.2, -0.15) is 0 Å². The summed E-state index contributed by atoms with van der Waals surface area (Å²) in [6.07, 6.45) is 9.16. The zero-order valence-electron chi connectivity index (χ0n) is 11.7. The Bertz CT molecular complexity index is 454. The predicted molar refractivity (Wildman–Crippen MR) is 82.4 cm³/mol. The van der Waals surface area contributed by atoms with E-state index in [0.29, 0.717) is 18.7 Å². The lowest BCUT2D eigenvalue weighted by atomic mass is 9.88. The number of nitrogens with two attached hydrogens (primary N) is 1. The maximum absolute atomic E-state index is 6.08. The summed E-state index contributed by atoms with van der Waals surface area (Å²) in [5.41, 5.74) is 7.28. The molecule has 0 spiro atoms. The van der Waals surface area contributed by atoms with Crippen molar-refractivity contribution in [3.63, 3.8) is 0 Å². The van der Waals surface area contributed by atoms with Gasteiger partial charge in [-0.15, -0.1) is 0 Å². The van der Waals surface area contributed by atoms with Crippen molar-refractivity contribution in [1.29, 1.82) is 0 Å². The molecule has 1 saturated heterocycles.